The Balaban J connectivity index is 2.22. The second kappa shape index (κ2) is 5.42. The summed E-state index contributed by atoms with van der Waals surface area (Å²) in [5, 5.41) is 3.32. The Kier molecular flexibility index (Phi) is 3.90. The summed E-state index contributed by atoms with van der Waals surface area (Å²) in [5.41, 5.74) is 3.26. The highest BCUT2D eigenvalue weighted by atomic mass is 16.2. The third-order valence-corrected chi connectivity index (χ3v) is 3.79. The average molecular weight is 246 g/mol. The lowest BCUT2D eigenvalue weighted by atomic mass is 10.1. The number of nitrogens with one attached hydrogen (secondary N) is 1. The van der Waals surface area contributed by atoms with Crippen molar-refractivity contribution in [1.82, 2.24) is 4.90 Å². The van der Waals surface area contributed by atoms with E-state index in [9.17, 15) is 4.79 Å². The first-order valence-electron chi connectivity index (χ1n) is 6.85. The van der Waals surface area contributed by atoms with Crippen molar-refractivity contribution in [2.75, 3.05) is 18.4 Å². The van der Waals surface area contributed by atoms with Gasteiger partial charge in [-0.2, -0.15) is 0 Å². The van der Waals surface area contributed by atoms with E-state index in [4.69, 9.17) is 0 Å². The minimum atomic E-state index is 0.154. The van der Waals surface area contributed by atoms with Gasteiger partial charge in [-0.15, -0.1) is 0 Å². The van der Waals surface area contributed by atoms with Gasteiger partial charge in [-0.3, -0.25) is 4.79 Å². The highest BCUT2D eigenvalue weighted by molar-refractivity contribution is 5.95. The maximum absolute atomic E-state index is 12.5. The number of hydrogen-bond acceptors (Lipinski definition) is 2. The summed E-state index contributed by atoms with van der Waals surface area (Å²) in [7, 11) is 0. The molecule has 0 aromatic heterocycles. The summed E-state index contributed by atoms with van der Waals surface area (Å²) in [5.74, 6) is 0.154. The normalized spacial score (nSPS) is 14.8. The molecule has 0 fully saturated rings. The highest BCUT2D eigenvalue weighted by Crippen LogP contribution is 2.24. The highest BCUT2D eigenvalue weighted by Gasteiger charge is 2.20. The Morgan fingerprint density at radius 2 is 2.22 bits per heavy atom. The van der Waals surface area contributed by atoms with Crippen molar-refractivity contribution in [2.24, 2.45) is 0 Å². The van der Waals surface area contributed by atoms with E-state index in [0.29, 0.717) is 6.04 Å². The zero-order valence-corrected chi connectivity index (χ0v) is 11.5. The molecule has 0 saturated carbocycles. The Morgan fingerprint density at radius 3 is 2.89 bits per heavy atom. The Hall–Kier alpha value is -1.51. The summed E-state index contributed by atoms with van der Waals surface area (Å²) in [6.45, 7) is 8.02. The molecule has 1 aliphatic rings. The number of carbonyl (C=O) groups is 1. The summed E-state index contributed by atoms with van der Waals surface area (Å²) in [6.07, 6.45) is 2.01. The van der Waals surface area contributed by atoms with Crippen molar-refractivity contribution in [3.8, 4) is 0 Å². The first-order valence-corrected chi connectivity index (χ1v) is 6.85. The van der Waals surface area contributed by atoms with Gasteiger partial charge in [0.15, 0.2) is 0 Å². The van der Waals surface area contributed by atoms with Crippen molar-refractivity contribution in [3.63, 3.8) is 0 Å². The van der Waals surface area contributed by atoms with Gasteiger partial charge in [-0.1, -0.05) is 6.92 Å². The van der Waals surface area contributed by atoms with Crippen molar-refractivity contribution >= 4 is 11.6 Å². The lowest BCUT2D eigenvalue weighted by molar-refractivity contribution is 0.0700. The quantitative estimate of drug-likeness (QED) is 0.886. The van der Waals surface area contributed by atoms with E-state index < -0.39 is 0 Å². The van der Waals surface area contributed by atoms with Gasteiger partial charge in [-0.25, -0.2) is 0 Å². The van der Waals surface area contributed by atoms with Crippen LogP contribution >= 0.6 is 0 Å². The predicted molar refractivity (Wildman–Crippen MR) is 75.1 cm³/mol. The van der Waals surface area contributed by atoms with Gasteiger partial charge in [0.1, 0.15) is 0 Å². The molecule has 3 nitrogen and oxygen atoms in total. The largest absolute Gasteiger partial charge is 0.384 e. The van der Waals surface area contributed by atoms with E-state index >= 15 is 0 Å². The van der Waals surface area contributed by atoms with E-state index in [1.807, 2.05) is 30.0 Å². The smallest absolute Gasteiger partial charge is 0.254 e. The molecule has 1 aliphatic heterocycles. The molecular formula is C15H22N2O. The number of nitrogens with zero attached hydrogens (tertiary/aromatic N) is 1. The van der Waals surface area contributed by atoms with Crippen molar-refractivity contribution in [3.05, 3.63) is 29.3 Å². The molecule has 1 aromatic rings. The van der Waals surface area contributed by atoms with E-state index in [1.165, 1.54) is 11.3 Å². The van der Waals surface area contributed by atoms with Crippen molar-refractivity contribution in [2.45, 2.75) is 39.7 Å². The summed E-state index contributed by atoms with van der Waals surface area (Å²) < 4.78 is 0. The van der Waals surface area contributed by atoms with Gasteiger partial charge in [0.05, 0.1) is 0 Å². The van der Waals surface area contributed by atoms with Crippen LogP contribution in [-0.4, -0.2) is 29.9 Å². The Morgan fingerprint density at radius 1 is 1.44 bits per heavy atom. The van der Waals surface area contributed by atoms with Crippen LogP contribution in [0.1, 0.15) is 43.1 Å². The molecule has 0 aliphatic carbocycles. The van der Waals surface area contributed by atoms with Gasteiger partial charge < -0.3 is 10.2 Å². The molecule has 0 saturated heterocycles. The number of rotatable bonds is 4. The van der Waals surface area contributed by atoms with Gasteiger partial charge in [0, 0.05) is 30.4 Å². The maximum Gasteiger partial charge on any atom is 0.254 e. The Labute approximate surface area is 109 Å². The average Bonchev–Trinajstić information content (AvgIpc) is 2.86. The van der Waals surface area contributed by atoms with Crippen LogP contribution in [0.4, 0.5) is 5.69 Å². The molecule has 1 atom stereocenters. The number of carbonyl (C=O) groups excluding carboxylic acids is 1. The molecule has 2 rings (SSSR count). The van der Waals surface area contributed by atoms with Gasteiger partial charge >= 0.3 is 0 Å². The summed E-state index contributed by atoms with van der Waals surface area (Å²) in [4.78, 5) is 14.4. The maximum atomic E-state index is 12.5. The molecule has 1 amide bonds. The molecule has 98 valence electrons. The van der Waals surface area contributed by atoms with Crippen LogP contribution in [0.15, 0.2) is 18.2 Å². The lowest BCUT2D eigenvalue weighted by Crippen LogP contribution is -2.38. The molecule has 0 radical (unpaired) electrons. The van der Waals surface area contributed by atoms with Crippen molar-refractivity contribution < 1.29 is 4.79 Å². The molecule has 0 unspecified atom stereocenters. The molecule has 18 heavy (non-hydrogen) atoms. The third kappa shape index (κ3) is 2.35. The lowest BCUT2D eigenvalue weighted by Gasteiger charge is -2.27. The second-order valence-corrected chi connectivity index (χ2v) is 4.90. The number of fused-ring (bicyclic) bond motifs is 1. The molecule has 0 spiro atoms. The van der Waals surface area contributed by atoms with Gasteiger partial charge in [-0.05, 0) is 50.5 Å². The van der Waals surface area contributed by atoms with E-state index in [0.717, 1.165) is 31.5 Å². The fourth-order valence-corrected chi connectivity index (χ4v) is 2.48. The fraction of sp³-hybridized carbons (Fsp3) is 0.533. The van der Waals surface area contributed by atoms with Crippen LogP contribution in [0.5, 0.6) is 0 Å². The van der Waals surface area contributed by atoms with Crippen LogP contribution in [0, 0.1) is 0 Å². The minimum Gasteiger partial charge on any atom is -0.384 e. The van der Waals surface area contributed by atoms with E-state index in [2.05, 4.69) is 19.2 Å². The van der Waals surface area contributed by atoms with Crippen LogP contribution in [0.3, 0.4) is 0 Å². The molecular weight excluding hydrogens is 224 g/mol. The molecule has 0 bridgehead atoms. The number of anilines is 1. The fourth-order valence-electron chi connectivity index (χ4n) is 2.48. The molecule has 1 heterocycles. The van der Waals surface area contributed by atoms with Gasteiger partial charge in [0.25, 0.3) is 5.91 Å². The minimum absolute atomic E-state index is 0.154. The Bertz CT molecular complexity index is 442. The van der Waals surface area contributed by atoms with Crippen LogP contribution in [-0.2, 0) is 6.42 Å². The first kappa shape index (κ1) is 12.9. The zero-order valence-electron chi connectivity index (χ0n) is 11.5. The predicted octanol–water partition coefficient (Wildman–Crippen LogP) is 2.92. The van der Waals surface area contributed by atoms with Crippen molar-refractivity contribution in [1.29, 1.82) is 0 Å². The SMILES string of the molecule is CC[C@@H](C)N(CC)C(=O)c1ccc2c(c1)CCN2. The van der Waals surface area contributed by atoms with Crippen LogP contribution in [0.25, 0.3) is 0 Å². The number of benzene rings is 1. The van der Waals surface area contributed by atoms with Crippen LogP contribution in [0.2, 0.25) is 0 Å². The third-order valence-electron chi connectivity index (χ3n) is 3.79. The summed E-state index contributed by atoms with van der Waals surface area (Å²) >= 11 is 0. The van der Waals surface area contributed by atoms with E-state index in [1.54, 1.807) is 0 Å². The molecule has 1 N–H and O–H groups in total. The molecule has 1 aromatic carbocycles. The second-order valence-electron chi connectivity index (χ2n) is 4.90. The number of hydrogen-bond donors (Lipinski definition) is 1. The number of amides is 1. The standard InChI is InChI=1S/C15H22N2O/c1-4-11(3)17(5-2)15(18)13-6-7-14-12(10-13)8-9-16-14/h6-7,10-11,16H,4-5,8-9H2,1-3H3/t11-/m1/s1. The van der Waals surface area contributed by atoms with E-state index in [-0.39, 0.29) is 5.91 Å². The zero-order chi connectivity index (χ0) is 13.1. The summed E-state index contributed by atoms with van der Waals surface area (Å²) in [6, 6.07) is 6.31. The topological polar surface area (TPSA) is 32.3 Å². The molecule has 3 heteroatoms. The monoisotopic (exact) mass is 246 g/mol. The van der Waals surface area contributed by atoms with Gasteiger partial charge in [0.2, 0.25) is 0 Å². The first-order chi connectivity index (χ1) is 8.67. The van der Waals surface area contributed by atoms with Crippen LogP contribution < -0.4 is 5.32 Å².